The molecule has 0 spiro atoms. The van der Waals surface area contributed by atoms with Crippen LogP contribution in [0.3, 0.4) is 0 Å². The number of rotatable bonds is 7. The van der Waals surface area contributed by atoms with E-state index in [2.05, 4.69) is 36.2 Å². The Kier molecular flexibility index (Phi) is 6.36. The van der Waals surface area contributed by atoms with E-state index in [1.165, 1.54) is 0 Å². The molecule has 0 fully saturated rings. The molecule has 0 heterocycles. The molecule has 0 radical (unpaired) electrons. The molecule has 1 aromatic rings. The second-order valence-electron chi connectivity index (χ2n) is 5.29. The molecule has 4 heteroatoms. The lowest BCUT2D eigenvalue weighted by atomic mass is 10.1. The quantitative estimate of drug-likeness (QED) is 0.753. The standard InChI is InChI=1S/C16H27N3O/c1-5-19(6-2)15-9-7-13(11-14(15)17)8-10-16(20)18-12(3)4/h7,9,11-12H,5-6,8,10,17H2,1-4H3,(H,18,20). The van der Waals surface area contributed by atoms with E-state index in [9.17, 15) is 4.79 Å². The van der Waals surface area contributed by atoms with Gasteiger partial charge in [-0.1, -0.05) is 6.07 Å². The van der Waals surface area contributed by atoms with Gasteiger partial charge >= 0.3 is 0 Å². The molecule has 4 nitrogen and oxygen atoms in total. The van der Waals surface area contributed by atoms with Crippen molar-refractivity contribution in [3.05, 3.63) is 23.8 Å². The van der Waals surface area contributed by atoms with E-state index in [1.54, 1.807) is 0 Å². The van der Waals surface area contributed by atoms with Crippen LogP contribution < -0.4 is 16.0 Å². The van der Waals surface area contributed by atoms with Crippen LogP contribution in [0.15, 0.2) is 18.2 Å². The van der Waals surface area contributed by atoms with Crippen LogP contribution in [0.1, 0.15) is 39.7 Å². The van der Waals surface area contributed by atoms with E-state index in [-0.39, 0.29) is 11.9 Å². The molecule has 0 atom stereocenters. The van der Waals surface area contributed by atoms with Crippen LogP contribution in [0.2, 0.25) is 0 Å². The number of benzene rings is 1. The fourth-order valence-electron chi connectivity index (χ4n) is 2.26. The van der Waals surface area contributed by atoms with Gasteiger partial charge in [0, 0.05) is 25.6 Å². The van der Waals surface area contributed by atoms with Gasteiger partial charge in [-0.05, 0) is 51.8 Å². The summed E-state index contributed by atoms with van der Waals surface area (Å²) in [5.41, 5.74) is 9.09. The second kappa shape index (κ2) is 7.78. The number of nitrogen functional groups attached to an aromatic ring is 1. The first kappa shape index (κ1) is 16.3. The zero-order chi connectivity index (χ0) is 15.1. The van der Waals surface area contributed by atoms with Gasteiger partial charge in [-0.15, -0.1) is 0 Å². The normalized spacial score (nSPS) is 10.7. The van der Waals surface area contributed by atoms with Crippen molar-refractivity contribution in [2.45, 2.75) is 46.6 Å². The van der Waals surface area contributed by atoms with Crippen LogP contribution in [-0.2, 0) is 11.2 Å². The Bertz CT molecular complexity index is 439. The maximum Gasteiger partial charge on any atom is 0.220 e. The average Bonchev–Trinajstić information content (AvgIpc) is 2.39. The number of carbonyl (C=O) groups excluding carboxylic acids is 1. The molecule has 0 unspecified atom stereocenters. The summed E-state index contributed by atoms with van der Waals surface area (Å²) in [6.45, 7) is 10.1. The Hall–Kier alpha value is -1.71. The van der Waals surface area contributed by atoms with Crippen LogP contribution in [0.4, 0.5) is 11.4 Å². The number of nitrogens with zero attached hydrogens (tertiary/aromatic N) is 1. The monoisotopic (exact) mass is 277 g/mol. The third kappa shape index (κ3) is 4.76. The summed E-state index contributed by atoms with van der Waals surface area (Å²) in [7, 11) is 0. The number of carbonyl (C=O) groups is 1. The van der Waals surface area contributed by atoms with Crippen LogP contribution in [0.5, 0.6) is 0 Å². The lowest BCUT2D eigenvalue weighted by Crippen LogP contribution is -2.30. The fraction of sp³-hybridized carbons (Fsp3) is 0.562. The molecule has 0 aliphatic carbocycles. The van der Waals surface area contributed by atoms with Gasteiger partial charge in [0.15, 0.2) is 0 Å². The minimum Gasteiger partial charge on any atom is -0.397 e. The van der Waals surface area contributed by atoms with Crippen molar-refractivity contribution in [3.63, 3.8) is 0 Å². The van der Waals surface area contributed by atoms with Crippen molar-refractivity contribution in [2.24, 2.45) is 0 Å². The molecular weight excluding hydrogens is 250 g/mol. The molecule has 1 amide bonds. The number of nitrogens with one attached hydrogen (secondary N) is 1. The number of hydrogen-bond donors (Lipinski definition) is 2. The summed E-state index contributed by atoms with van der Waals surface area (Å²) in [6, 6.07) is 6.29. The van der Waals surface area contributed by atoms with E-state index in [4.69, 9.17) is 5.73 Å². The molecule has 112 valence electrons. The fourth-order valence-corrected chi connectivity index (χ4v) is 2.26. The molecule has 0 saturated carbocycles. The van der Waals surface area contributed by atoms with E-state index in [0.717, 1.165) is 36.4 Å². The maximum absolute atomic E-state index is 11.6. The maximum atomic E-state index is 11.6. The van der Waals surface area contributed by atoms with Crippen molar-refractivity contribution in [1.82, 2.24) is 5.32 Å². The molecule has 0 aliphatic rings. The van der Waals surface area contributed by atoms with Gasteiger partial charge in [0.25, 0.3) is 0 Å². The minimum atomic E-state index is 0.0893. The van der Waals surface area contributed by atoms with Gasteiger partial charge in [0.1, 0.15) is 0 Å². The van der Waals surface area contributed by atoms with Crippen LogP contribution in [0, 0.1) is 0 Å². The predicted octanol–water partition coefficient (Wildman–Crippen LogP) is 2.57. The van der Waals surface area contributed by atoms with Crippen molar-refractivity contribution in [3.8, 4) is 0 Å². The Morgan fingerprint density at radius 3 is 2.45 bits per heavy atom. The summed E-state index contributed by atoms with van der Waals surface area (Å²) in [4.78, 5) is 13.9. The highest BCUT2D eigenvalue weighted by Crippen LogP contribution is 2.24. The van der Waals surface area contributed by atoms with Gasteiger partial charge in [0.05, 0.1) is 11.4 Å². The Morgan fingerprint density at radius 2 is 1.95 bits per heavy atom. The van der Waals surface area contributed by atoms with Crippen molar-refractivity contribution < 1.29 is 4.79 Å². The first-order chi connectivity index (χ1) is 9.47. The molecule has 20 heavy (non-hydrogen) atoms. The predicted molar refractivity (Wildman–Crippen MR) is 86.0 cm³/mol. The minimum absolute atomic E-state index is 0.0893. The Labute approximate surface area is 122 Å². The van der Waals surface area contributed by atoms with E-state index >= 15 is 0 Å². The van der Waals surface area contributed by atoms with Gasteiger partial charge in [0.2, 0.25) is 5.91 Å². The molecular formula is C16H27N3O. The third-order valence-electron chi connectivity index (χ3n) is 3.29. The number of nitrogens with two attached hydrogens (primary N) is 1. The summed E-state index contributed by atoms with van der Waals surface area (Å²) >= 11 is 0. The lowest BCUT2D eigenvalue weighted by Gasteiger charge is -2.23. The third-order valence-corrected chi connectivity index (χ3v) is 3.29. The van der Waals surface area contributed by atoms with Crippen LogP contribution >= 0.6 is 0 Å². The summed E-state index contributed by atoms with van der Waals surface area (Å²) in [6.07, 6.45) is 1.23. The molecule has 0 aromatic heterocycles. The molecule has 1 rings (SSSR count). The van der Waals surface area contributed by atoms with Gasteiger partial charge in [-0.2, -0.15) is 0 Å². The number of amides is 1. The van der Waals surface area contributed by atoms with Gasteiger partial charge in [-0.3, -0.25) is 4.79 Å². The van der Waals surface area contributed by atoms with Gasteiger partial charge < -0.3 is 16.0 Å². The van der Waals surface area contributed by atoms with Crippen LogP contribution in [-0.4, -0.2) is 25.0 Å². The van der Waals surface area contributed by atoms with E-state index in [0.29, 0.717) is 6.42 Å². The number of hydrogen-bond acceptors (Lipinski definition) is 3. The first-order valence-corrected chi connectivity index (χ1v) is 7.40. The van der Waals surface area contributed by atoms with Crippen molar-refractivity contribution in [1.29, 1.82) is 0 Å². The van der Waals surface area contributed by atoms with E-state index in [1.807, 2.05) is 19.9 Å². The highest BCUT2D eigenvalue weighted by molar-refractivity contribution is 5.76. The Balaban J connectivity index is 2.66. The molecule has 0 aliphatic heterocycles. The largest absolute Gasteiger partial charge is 0.397 e. The Morgan fingerprint density at radius 1 is 1.30 bits per heavy atom. The number of anilines is 2. The van der Waals surface area contributed by atoms with Crippen molar-refractivity contribution in [2.75, 3.05) is 23.7 Å². The number of aryl methyl sites for hydroxylation is 1. The summed E-state index contributed by atoms with van der Waals surface area (Å²) in [5.74, 6) is 0.0893. The topological polar surface area (TPSA) is 58.4 Å². The lowest BCUT2D eigenvalue weighted by molar-refractivity contribution is -0.121. The zero-order valence-corrected chi connectivity index (χ0v) is 13.1. The highest BCUT2D eigenvalue weighted by atomic mass is 16.1. The zero-order valence-electron chi connectivity index (χ0n) is 13.1. The summed E-state index contributed by atoms with van der Waals surface area (Å²) in [5, 5.41) is 2.90. The first-order valence-electron chi connectivity index (χ1n) is 7.40. The van der Waals surface area contributed by atoms with E-state index < -0.39 is 0 Å². The molecule has 0 bridgehead atoms. The summed E-state index contributed by atoms with van der Waals surface area (Å²) < 4.78 is 0. The average molecular weight is 277 g/mol. The SMILES string of the molecule is CCN(CC)c1ccc(CCC(=O)NC(C)C)cc1N. The smallest absolute Gasteiger partial charge is 0.220 e. The second-order valence-corrected chi connectivity index (χ2v) is 5.29. The van der Waals surface area contributed by atoms with Crippen molar-refractivity contribution >= 4 is 17.3 Å². The molecule has 1 aromatic carbocycles. The molecule has 0 saturated heterocycles. The molecule has 3 N–H and O–H groups in total. The highest BCUT2D eigenvalue weighted by Gasteiger charge is 2.08. The van der Waals surface area contributed by atoms with Gasteiger partial charge in [-0.25, -0.2) is 0 Å². The van der Waals surface area contributed by atoms with Crippen LogP contribution in [0.25, 0.3) is 0 Å².